The first-order chi connectivity index (χ1) is 6.97. The number of benzene rings is 1. The molecule has 0 bridgehead atoms. The van der Waals surface area contributed by atoms with Crippen molar-refractivity contribution in [1.82, 2.24) is 0 Å². The van der Waals surface area contributed by atoms with Crippen LogP contribution in [-0.4, -0.2) is 18.2 Å². The third kappa shape index (κ3) is 2.23. The van der Waals surface area contributed by atoms with Crippen molar-refractivity contribution in [2.24, 2.45) is 0 Å². The maximum Gasteiger partial charge on any atom is 0.310 e. The zero-order valence-electron chi connectivity index (χ0n) is 8.25. The first kappa shape index (κ1) is 11.4. The Balaban J connectivity index is 3.32. The molecule has 0 aromatic heterocycles. The Morgan fingerprint density at radius 3 is 2.53 bits per heavy atom. The van der Waals surface area contributed by atoms with Crippen LogP contribution in [0, 0.1) is 11.6 Å². The van der Waals surface area contributed by atoms with Crippen LogP contribution in [0.25, 0.3) is 0 Å². The number of aliphatic carboxylic acids is 1. The number of halogens is 2. The lowest BCUT2D eigenvalue weighted by Gasteiger charge is -2.12. The monoisotopic (exact) mass is 216 g/mol. The van der Waals surface area contributed by atoms with Gasteiger partial charge in [0.2, 0.25) is 0 Å². The van der Waals surface area contributed by atoms with Crippen molar-refractivity contribution in [3.63, 3.8) is 0 Å². The van der Waals surface area contributed by atoms with Gasteiger partial charge in [0.05, 0.1) is 13.0 Å². The van der Waals surface area contributed by atoms with Crippen molar-refractivity contribution in [1.29, 1.82) is 0 Å². The molecule has 0 heterocycles. The summed E-state index contributed by atoms with van der Waals surface area (Å²) in [5, 5.41) is 8.74. The predicted octanol–water partition coefficient (Wildman–Crippen LogP) is 2.16. The van der Waals surface area contributed by atoms with Gasteiger partial charge in [-0.05, 0) is 13.0 Å². The summed E-state index contributed by atoms with van der Waals surface area (Å²) in [5.41, 5.74) is -0.0116. The summed E-state index contributed by atoms with van der Waals surface area (Å²) in [5.74, 6) is -4.15. The van der Waals surface area contributed by atoms with Gasteiger partial charge in [-0.3, -0.25) is 4.79 Å². The molecule has 1 aromatic carbocycles. The maximum atomic E-state index is 13.2. The lowest BCUT2D eigenvalue weighted by molar-refractivity contribution is -0.138. The van der Waals surface area contributed by atoms with Crippen molar-refractivity contribution in [3.8, 4) is 5.75 Å². The largest absolute Gasteiger partial charge is 0.493 e. The quantitative estimate of drug-likeness (QED) is 0.842. The Morgan fingerprint density at radius 2 is 2.07 bits per heavy atom. The molecule has 0 aliphatic heterocycles. The third-order valence-corrected chi connectivity index (χ3v) is 2.08. The molecule has 0 fully saturated rings. The molecule has 0 amide bonds. The molecule has 0 spiro atoms. The predicted molar refractivity (Wildman–Crippen MR) is 49.0 cm³/mol. The highest BCUT2D eigenvalue weighted by Gasteiger charge is 2.21. The first-order valence-corrected chi connectivity index (χ1v) is 4.23. The van der Waals surface area contributed by atoms with Crippen LogP contribution < -0.4 is 4.74 Å². The first-order valence-electron chi connectivity index (χ1n) is 4.23. The number of methoxy groups -OCH3 is 1. The average Bonchev–Trinajstić information content (AvgIpc) is 2.15. The number of ether oxygens (including phenoxy) is 1. The van der Waals surface area contributed by atoms with Crippen LogP contribution in [0.4, 0.5) is 8.78 Å². The van der Waals surface area contributed by atoms with Crippen LogP contribution in [0.2, 0.25) is 0 Å². The average molecular weight is 216 g/mol. The van der Waals surface area contributed by atoms with E-state index in [1.165, 1.54) is 14.0 Å². The van der Waals surface area contributed by atoms with E-state index in [0.717, 1.165) is 6.07 Å². The van der Waals surface area contributed by atoms with E-state index >= 15 is 0 Å². The molecule has 0 radical (unpaired) electrons. The van der Waals surface area contributed by atoms with Crippen molar-refractivity contribution in [2.75, 3.05) is 7.11 Å². The van der Waals surface area contributed by atoms with Gasteiger partial charge in [-0.15, -0.1) is 0 Å². The highest BCUT2D eigenvalue weighted by molar-refractivity contribution is 5.76. The Kier molecular flexibility index (Phi) is 3.24. The molecule has 1 aromatic rings. The topological polar surface area (TPSA) is 46.5 Å². The zero-order valence-corrected chi connectivity index (χ0v) is 8.25. The van der Waals surface area contributed by atoms with E-state index in [-0.39, 0.29) is 11.3 Å². The van der Waals surface area contributed by atoms with Crippen molar-refractivity contribution < 1.29 is 23.4 Å². The van der Waals surface area contributed by atoms with E-state index in [4.69, 9.17) is 9.84 Å². The number of carbonyl (C=O) groups is 1. The van der Waals surface area contributed by atoms with E-state index in [9.17, 15) is 13.6 Å². The second-order valence-corrected chi connectivity index (χ2v) is 3.07. The molecule has 1 rings (SSSR count). The molecular weight excluding hydrogens is 206 g/mol. The summed E-state index contributed by atoms with van der Waals surface area (Å²) in [6.07, 6.45) is 0. The fourth-order valence-electron chi connectivity index (χ4n) is 1.25. The van der Waals surface area contributed by atoms with E-state index < -0.39 is 23.5 Å². The van der Waals surface area contributed by atoms with Gasteiger partial charge in [-0.2, -0.15) is 0 Å². The number of rotatable bonds is 3. The van der Waals surface area contributed by atoms with Gasteiger partial charge < -0.3 is 9.84 Å². The van der Waals surface area contributed by atoms with Gasteiger partial charge in [0.15, 0.2) is 11.6 Å². The molecule has 0 saturated heterocycles. The van der Waals surface area contributed by atoms with E-state index in [1.807, 2.05) is 0 Å². The number of hydrogen-bond acceptors (Lipinski definition) is 2. The van der Waals surface area contributed by atoms with Gasteiger partial charge in [0.25, 0.3) is 0 Å². The number of carboxylic acids is 1. The van der Waals surface area contributed by atoms with Gasteiger partial charge in [0.1, 0.15) is 5.82 Å². The normalized spacial score (nSPS) is 12.3. The van der Waals surface area contributed by atoms with Crippen LogP contribution in [0.5, 0.6) is 5.75 Å². The number of carboxylic acid groups (broad SMARTS) is 1. The fraction of sp³-hybridized carbons (Fsp3) is 0.300. The summed E-state index contributed by atoms with van der Waals surface area (Å²) >= 11 is 0. The Bertz CT molecular complexity index is 390. The van der Waals surface area contributed by atoms with Crippen LogP contribution in [0.1, 0.15) is 18.4 Å². The lowest BCUT2D eigenvalue weighted by Crippen LogP contribution is -2.10. The van der Waals surface area contributed by atoms with Gasteiger partial charge in [0, 0.05) is 11.6 Å². The van der Waals surface area contributed by atoms with Gasteiger partial charge in [-0.25, -0.2) is 8.78 Å². The lowest BCUT2D eigenvalue weighted by atomic mass is 10.00. The van der Waals surface area contributed by atoms with Gasteiger partial charge >= 0.3 is 5.97 Å². The van der Waals surface area contributed by atoms with E-state index in [0.29, 0.717) is 6.07 Å². The van der Waals surface area contributed by atoms with Crippen LogP contribution in [0.15, 0.2) is 12.1 Å². The highest BCUT2D eigenvalue weighted by Crippen LogP contribution is 2.30. The number of hydrogen-bond donors (Lipinski definition) is 1. The second-order valence-electron chi connectivity index (χ2n) is 3.07. The molecule has 1 atom stereocenters. The summed E-state index contributed by atoms with van der Waals surface area (Å²) in [4.78, 5) is 10.7. The zero-order chi connectivity index (χ0) is 11.6. The van der Waals surface area contributed by atoms with Crippen molar-refractivity contribution in [2.45, 2.75) is 12.8 Å². The molecule has 82 valence electrons. The molecule has 15 heavy (non-hydrogen) atoms. The molecule has 5 heteroatoms. The molecule has 0 aliphatic carbocycles. The molecular formula is C10H10F2O3. The molecule has 0 aliphatic rings. The van der Waals surface area contributed by atoms with E-state index in [2.05, 4.69) is 0 Å². The molecule has 1 unspecified atom stereocenters. The minimum absolute atomic E-state index is 0.0116. The van der Waals surface area contributed by atoms with Crippen molar-refractivity contribution in [3.05, 3.63) is 29.3 Å². The Hall–Kier alpha value is -1.65. The Labute approximate surface area is 85.3 Å². The summed E-state index contributed by atoms with van der Waals surface area (Å²) < 4.78 is 30.8. The SMILES string of the molecule is COc1c(F)cc(F)cc1C(C)C(=O)O. The summed E-state index contributed by atoms with van der Waals surface area (Å²) in [7, 11) is 1.20. The van der Waals surface area contributed by atoms with Crippen LogP contribution >= 0.6 is 0 Å². The summed E-state index contributed by atoms with van der Waals surface area (Å²) in [6, 6.07) is 1.61. The highest BCUT2D eigenvalue weighted by atomic mass is 19.1. The molecule has 0 saturated carbocycles. The molecule has 3 nitrogen and oxygen atoms in total. The maximum absolute atomic E-state index is 13.2. The van der Waals surface area contributed by atoms with E-state index in [1.54, 1.807) is 0 Å². The third-order valence-electron chi connectivity index (χ3n) is 2.08. The smallest absolute Gasteiger partial charge is 0.310 e. The standard InChI is InChI=1S/C10H10F2O3/c1-5(10(13)14)7-3-6(11)4-8(12)9(7)15-2/h3-5H,1-2H3,(H,13,14). The Morgan fingerprint density at radius 1 is 1.47 bits per heavy atom. The minimum atomic E-state index is -1.17. The van der Waals surface area contributed by atoms with Crippen molar-refractivity contribution >= 4 is 5.97 Å². The van der Waals surface area contributed by atoms with Crippen LogP contribution in [-0.2, 0) is 4.79 Å². The minimum Gasteiger partial charge on any atom is -0.493 e. The molecule has 1 N–H and O–H groups in total. The van der Waals surface area contributed by atoms with Gasteiger partial charge in [-0.1, -0.05) is 0 Å². The summed E-state index contributed by atoms with van der Waals surface area (Å²) in [6.45, 7) is 1.33. The second kappa shape index (κ2) is 4.25. The fourth-order valence-corrected chi connectivity index (χ4v) is 1.25. The van der Waals surface area contributed by atoms with Crippen LogP contribution in [0.3, 0.4) is 0 Å².